The molecule has 0 aromatic carbocycles. The van der Waals surface area contributed by atoms with Crippen LogP contribution >= 0.6 is 0 Å². The number of nitrogens with one attached hydrogen (secondary N) is 2. The molecule has 0 aromatic heterocycles. The Labute approximate surface area is 95.2 Å². The van der Waals surface area contributed by atoms with Crippen molar-refractivity contribution in [3.8, 4) is 0 Å². The van der Waals surface area contributed by atoms with Crippen LogP contribution in [-0.2, 0) is 0 Å². The Kier molecular flexibility index (Phi) is 4.60. The maximum absolute atomic E-state index is 3.65. The van der Waals surface area contributed by atoms with Gasteiger partial charge in [0.05, 0.1) is 0 Å². The van der Waals surface area contributed by atoms with Crippen molar-refractivity contribution in [3.05, 3.63) is 0 Å². The summed E-state index contributed by atoms with van der Waals surface area (Å²) >= 11 is 0. The van der Waals surface area contributed by atoms with Crippen molar-refractivity contribution in [2.75, 3.05) is 26.2 Å². The summed E-state index contributed by atoms with van der Waals surface area (Å²) in [7, 11) is 0. The maximum atomic E-state index is 3.65. The Bertz CT molecular complexity index is 175. The third-order valence-electron chi connectivity index (χ3n) is 3.27. The molecule has 1 heterocycles. The summed E-state index contributed by atoms with van der Waals surface area (Å²) in [6.07, 6.45) is 4.01. The standard InChI is InChI=1S/C13H28N2/c1-5-6-13(7-8-14-10-13)11-15-9-12(2,3)4/h14-15H,5-11H2,1-4H3. The van der Waals surface area contributed by atoms with E-state index in [0.717, 1.165) is 6.54 Å². The molecule has 1 atom stereocenters. The zero-order valence-corrected chi connectivity index (χ0v) is 10.9. The minimum atomic E-state index is 0.402. The molecule has 0 aliphatic carbocycles. The van der Waals surface area contributed by atoms with Gasteiger partial charge in [-0.2, -0.15) is 0 Å². The molecule has 15 heavy (non-hydrogen) atoms. The predicted molar refractivity (Wildman–Crippen MR) is 67.2 cm³/mol. The summed E-state index contributed by atoms with van der Waals surface area (Å²) in [6.45, 7) is 13.9. The molecule has 0 aromatic rings. The first kappa shape index (κ1) is 13.0. The van der Waals surface area contributed by atoms with E-state index in [4.69, 9.17) is 0 Å². The first-order valence-electron chi connectivity index (χ1n) is 6.39. The molecule has 1 aliphatic heterocycles. The van der Waals surface area contributed by atoms with Crippen LogP contribution in [-0.4, -0.2) is 26.2 Å². The molecule has 0 saturated carbocycles. The van der Waals surface area contributed by atoms with Crippen molar-refractivity contribution < 1.29 is 0 Å². The second kappa shape index (κ2) is 5.31. The summed E-state index contributed by atoms with van der Waals surface area (Å²) in [4.78, 5) is 0. The number of hydrogen-bond acceptors (Lipinski definition) is 2. The summed E-state index contributed by atoms with van der Waals surface area (Å²) in [5.74, 6) is 0. The second-order valence-corrected chi connectivity index (χ2v) is 6.34. The molecule has 1 saturated heterocycles. The van der Waals surface area contributed by atoms with E-state index in [2.05, 4.69) is 38.3 Å². The summed E-state index contributed by atoms with van der Waals surface area (Å²) in [5.41, 5.74) is 0.944. The molecule has 2 nitrogen and oxygen atoms in total. The third kappa shape index (κ3) is 4.52. The van der Waals surface area contributed by atoms with Gasteiger partial charge < -0.3 is 10.6 Å². The quantitative estimate of drug-likeness (QED) is 0.731. The molecule has 0 amide bonds. The van der Waals surface area contributed by atoms with E-state index in [1.54, 1.807) is 0 Å². The summed E-state index contributed by atoms with van der Waals surface area (Å²) in [5, 5.41) is 7.16. The van der Waals surface area contributed by atoms with Gasteiger partial charge in [-0.25, -0.2) is 0 Å². The molecular formula is C13H28N2. The lowest BCUT2D eigenvalue weighted by atomic mass is 9.82. The largest absolute Gasteiger partial charge is 0.316 e. The van der Waals surface area contributed by atoms with Crippen molar-refractivity contribution in [2.24, 2.45) is 10.8 Å². The van der Waals surface area contributed by atoms with Crippen LogP contribution in [0.15, 0.2) is 0 Å². The lowest BCUT2D eigenvalue weighted by Gasteiger charge is -2.30. The lowest BCUT2D eigenvalue weighted by molar-refractivity contribution is 0.257. The first-order valence-corrected chi connectivity index (χ1v) is 6.39. The second-order valence-electron chi connectivity index (χ2n) is 6.34. The van der Waals surface area contributed by atoms with Gasteiger partial charge >= 0.3 is 0 Å². The zero-order valence-electron chi connectivity index (χ0n) is 10.9. The molecule has 2 N–H and O–H groups in total. The van der Waals surface area contributed by atoms with E-state index in [1.807, 2.05) is 0 Å². The van der Waals surface area contributed by atoms with E-state index in [9.17, 15) is 0 Å². The van der Waals surface area contributed by atoms with Crippen LogP contribution in [0, 0.1) is 10.8 Å². The van der Waals surface area contributed by atoms with Gasteiger partial charge in [0.25, 0.3) is 0 Å². The SMILES string of the molecule is CCCC1(CNCC(C)(C)C)CCNC1. The van der Waals surface area contributed by atoms with Gasteiger partial charge in [-0.05, 0) is 30.2 Å². The summed E-state index contributed by atoms with van der Waals surface area (Å²) in [6, 6.07) is 0. The number of rotatable bonds is 5. The highest BCUT2D eigenvalue weighted by atomic mass is 15.0. The van der Waals surface area contributed by atoms with Gasteiger partial charge in [-0.1, -0.05) is 34.1 Å². The predicted octanol–water partition coefficient (Wildman–Crippen LogP) is 2.40. The molecule has 1 rings (SSSR count). The summed E-state index contributed by atoms with van der Waals surface area (Å²) < 4.78 is 0. The Hall–Kier alpha value is -0.0800. The van der Waals surface area contributed by atoms with Crippen LogP contribution < -0.4 is 10.6 Å². The minimum absolute atomic E-state index is 0.402. The van der Waals surface area contributed by atoms with Crippen LogP contribution in [0.2, 0.25) is 0 Å². The highest BCUT2D eigenvalue weighted by Gasteiger charge is 2.32. The monoisotopic (exact) mass is 212 g/mol. The fraction of sp³-hybridized carbons (Fsp3) is 1.00. The fourth-order valence-electron chi connectivity index (χ4n) is 2.48. The van der Waals surface area contributed by atoms with Crippen molar-refractivity contribution in [3.63, 3.8) is 0 Å². The van der Waals surface area contributed by atoms with Crippen LogP contribution in [0.5, 0.6) is 0 Å². The Morgan fingerprint density at radius 1 is 1.33 bits per heavy atom. The van der Waals surface area contributed by atoms with Gasteiger partial charge in [-0.15, -0.1) is 0 Å². The normalized spacial score (nSPS) is 27.2. The van der Waals surface area contributed by atoms with E-state index in [1.165, 1.54) is 38.9 Å². The lowest BCUT2D eigenvalue weighted by Crippen LogP contribution is -2.39. The van der Waals surface area contributed by atoms with Gasteiger partial charge in [0.15, 0.2) is 0 Å². The van der Waals surface area contributed by atoms with Crippen molar-refractivity contribution in [1.82, 2.24) is 10.6 Å². The van der Waals surface area contributed by atoms with Gasteiger partial charge in [0.1, 0.15) is 0 Å². The highest BCUT2D eigenvalue weighted by molar-refractivity contribution is 4.89. The average molecular weight is 212 g/mol. The zero-order chi connectivity index (χ0) is 11.4. The first-order chi connectivity index (χ1) is 6.97. The number of hydrogen-bond donors (Lipinski definition) is 2. The molecule has 90 valence electrons. The third-order valence-corrected chi connectivity index (χ3v) is 3.27. The fourth-order valence-corrected chi connectivity index (χ4v) is 2.48. The Balaban J connectivity index is 2.32. The minimum Gasteiger partial charge on any atom is -0.316 e. The molecule has 0 spiro atoms. The highest BCUT2D eigenvalue weighted by Crippen LogP contribution is 2.30. The average Bonchev–Trinajstić information content (AvgIpc) is 2.52. The topological polar surface area (TPSA) is 24.1 Å². The van der Waals surface area contributed by atoms with Crippen LogP contribution in [0.4, 0.5) is 0 Å². The van der Waals surface area contributed by atoms with Crippen LogP contribution in [0.3, 0.4) is 0 Å². The molecule has 1 fully saturated rings. The van der Waals surface area contributed by atoms with E-state index < -0.39 is 0 Å². The van der Waals surface area contributed by atoms with Crippen molar-refractivity contribution >= 4 is 0 Å². The Morgan fingerprint density at radius 3 is 2.53 bits per heavy atom. The smallest absolute Gasteiger partial charge is 0.00207 e. The van der Waals surface area contributed by atoms with E-state index >= 15 is 0 Å². The van der Waals surface area contributed by atoms with Gasteiger partial charge in [-0.3, -0.25) is 0 Å². The molecular weight excluding hydrogens is 184 g/mol. The molecule has 1 aliphatic rings. The van der Waals surface area contributed by atoms with Crippen LogP contribution in [0.25, 0.3) is 0 Å². The molecule has 0 bridgehead atoms. The van der Waals surface area contributed by atoms with Gasteiger partial charge in [0, 0.05) is 19.6 Å². The molecule has 1 unspecified atom stereocenters. The van der Waals surface area contributed by atoms with Gasteiger partial charge in [0.2, 0.25) is 0 Å². The van der Waals surface area contributed by atoms with E-state index in [0.29, 0.717) is 10.8 Å². The molecule has 2 heteroatoms. The van der Waals surface area contributed by atoms with Crippen molar-refractivity contribution in [2.45, 2.75) is 47.0 Å². The van der Waals surface area contributed by atoms with Crippen LogP contribution in [0.1, 0.15) is 47.0 Å². The van der Waals surface area contributed by atoms with E-state index in [-0.39, 0.29) is 0 Å². The van der Waals surface area contributed by atoms with Crippen molar-refractivity contribution in [1.29, 1.82) is 0 Å². The Morgan fingerprint density at radius 2 is 2.07 bits per heavy atom. The molecule has 0 radical (unpaired) electrons. The maximum Gasteiger partial charge on any atom is 0.00207 e.